The number of halogens is 3. The highest BCUT2D eigenvalue weighted by Gasteiger charge is 2.70. The van der Waals surface area contributed by atoms with Crippen LogP contribution in [-0.2, 0) is 26.3 Å². The van der Waals surface area contributed by atoms with Crippen molar-refractivity contribution in [1.82, 2.24) is 10.3 Å². The lowest BCUT2D eigenvalue weighted by Gasteiger charge is -2.29. The lowest BCUT2D eigenvalue weighted by atomic mass is 9.76. The van der Waals surface area contributed by atoms with Gasteiger partial charge in [-0.2, -0.15) is 0 Å². The minimum Gasteiger partial charge on any atom is -0.361 e. The van der Waals surface area contributed by atoms with Crippen LogP contribution in [0, 0.1) is 23.5 Å². The summed E-state index contributed by atoms with van der Waals surface area (Å²) in [5.41, 5.74) is 0.909. The van der Waals surface area contributed by atoms with Crippen molar-refractivity contribution in [1.29, 1.82) is 0 Å². The van der Waals surface area contributed by atoms with E-state index in [2.05, 4.69) is 15.6 Å². The van der Waals surface area contributed by atoms with Gasteiger partial charge >= 0.3 is 0 Å². The first-order valence-corrected chi connectivity index (χ1v) is 12.4. The molecule has 190 valence electrons. The molecule has 1 aromatic heterocycles. The van der Waals surface area contributed by atoms with Gasteiger partial charge in [-0.1, -0.05) is 29.8 Å². The lowest BCUT2D eigenvalue weighted by Crippen LogP contribution is -2.53. The smallest absolute Gasteiger partial charge is 0.250 e. The zero-order valence-electron chi connectivity index (χ0n) is 19.6. The number of imide groups is 1. The monoisotopic (exact) mass is 532 g/mol. The van der Waals surface area contributed by atoms with E-state index in [1.165, 1.54) is 30.3 Å². The van der Waals surface area contributed by atoms with Crippen LogP contribution >= 0.6 is 11.6 Å². The fourth-order valence-corrected chi connectivity index (χ4v) is 6.54. The largest absolute Gasteiger partial charge is 0.361 e. The van der Waals surface area contributed by atoms with E-state index >= 15 is 0 Å². The zero-order valence-corrected chi connectivity index (χ0v) is 20.4. The molecule has 38 heavy (non-hydrogen) atoms. The summed E-state index contributed by atoms with van der Waals surface area (Å²) in [5, 5.41) is 6.78. The third-order valence-corrected chi connectivity index (χ3v) is 8.24. The molecule has 4 atom stereocenters. The molecule has 3 aromatic carbocycles. The molecular weight excluding hydrogens is 514 g/mol. The van der Waals surface area contributed by atoms with Crippen LogP contribution in [-0.4, -0.2) is 28.7 Å². The first-order chi connectivity index (χ1) is 18.3. The van der Waals surface area contributed by atoms with Gasteiger partial charge in [-0.05, 0) is 54.4 Å². The second-order valence-electron chi connectivity index (χ2n) is 9.88. The first kappa shape index (κ1) is 23.1. The molecular formula is C28H19ClF2N4O3. The SMILES string of the molecule is O=C1[C@@H]2C(Cc3c[nH]c4ccccc34)NC3(C(=O)Nc4ccc(F)cc43)[C@@H]2C(=O)N1c1ccc(F)c(Cl)c1. The highest BCUT2D eigenvalue weighted by molar-refractivity contribution is 6.32. The number of fused-ring (bicyclic) bond motifs is 5. The number of hydrogen-bond donors (Lipinski definition) is 3. The Kier molecular flexibility index (Phi) is 4.83. The van der Waals surface area contributed by atoms with Crippen LogP contribution < -0.4 is 15.5 Å². The lowest BCUT2D eigenvalue weighted by molar-refractivity contribution is -0.130. The average Bonchev–Trinajstić information content (AvgIpc) is 3.60. The van der Waals surface area contributed by atoms with Gasteiger partial charge in [0.2, 0.25) is 17.7 Å². The zero-order chi connectivity index (χ0) is 26.3. The van der Waals surface area contributed by atoms with E-state index < -0.39 is 52.8 Å². The normalized spacial score (nSPS) is 25.9. The molecule has 4 aromatic rings. The van der Waals surface area contributed by atoms with Crippen LogP contribution in [0.4, 0.5) is 20.2 Å². The highest BCUT2D eigenvalue weighted by Crippen LogP contribution is 2.54. The molecule has 0 aliphatic carbocycles. The maximum atomic E-state index is 14.5. The fraction of sp³-hybridized carbons (Fsp3) is 0.179. The minimum atomic E-state index is -1.66. The van der Waals surface area contributed by atoms with E-state index in [4.69, 9.17) is 11.6 Å². The Balaban J connectivity index is 1.39. The molecule has 1 spiro atoms. The number of anilines is 2. The van der Waals surface area contributed by atoms with Crippen molar-refractivity contribution in [2.45, 2.75) is 18.0 Å². The predicted octanol–water partition coefficient (Wildman–Crippen LogP) is 4.27. The summed E-state index contributed by atoms with van der Waals surface area (Å²) in [4.78, 5) is 45.7. The van der Waals surface area contributed by atoms with Gasteiger partial charge in [-0.25, -0.2) is 13.7 Å². The number of nitrogens with one attached hydrogen (secondary N) is 3. The van der Waals surface area contributed by atoms with E-state index in [1.807, 2.05) is 30.5 Å². The molecule has 3 amide bonds. The molecule has 3 aliphatic heterocycles. The molecule has 7 rings (SSSR count). The van der Waals surface area contributed by atoms with Crippen LogP contribution in [0.25, 0.3) is 10.9 Å². The Morgan fingerprint density at radius 3 is 2.61 bits per heavy atom. The van der Waals surface area contributed by atoms with Crippen molar-refractivity contribution in [3.05, 3.63) is 94.6 Å². The number of hydrogen-bond acceptors (Lipinski definition) is 4. The van der Waals surface area contributed by atoms with Crippen molar-refractivity contribution in [3.63, 3.8) is 0 Å². The highest BCUT2D eigenvalue weighted by atomic mass is 35.5. The quantitative estimate of drug-likeness (QED) is 0.344. The Bertz CT molecular complexity index is 1700. The number of carbonyl (C=O) groups excluding carboxylic acids is 3. The average molecular weight is 533 g/mol. The van der Waals surface area contributed by atoms with E-state index in [0.29, 0.717) is 12.1 Å². The van der Waals surface area contributed by atoms with E-state index in [0.717, 1.165) is 27.4 Å². The molecule has 0 radical (unpaired) electrons. The van der Waals surface area contributed by atoms with E-state index in [-0.39, 0.29) is 16.3 Å². The summed E-state index contributed by atoms with van der Waals surface area (Å²) in [6.45, 7) is 0. The van der Waals surface area contributed by atoms with Crippen LogP contribution in [0.3, 0.4) is 0 Å². The maximum Gasteiger partial charge on any atom is 0.250 e. The number of H-pyrrole nitrogens is 1. The Hall–Kier alpha value is -4.08. The molecule has 2 unspecified atom stereocenters. The molecule has 0 saturated carbocycles. The van der Waals surface area contributed by atoms with Gasteiger partial charge in [0.05, 0.1) is 22.5 Å². The number of para-hydroxylation sites is 1. The summed E-state index contributed by atoms with van der Waals surface area (Å²) >= 11 is 5.97. The van der Waals surface area contributed by atoms with Gasteiger partial charge in [0, 0.05) is 34.4 Å². The van der Waals surface area contributed by atoms with Crippen LogP contribution in [0.1, 0.15) is 11.1 Å². The van der Waals surface area contributed by atoms with Crippen LogP contribution in [0.15, 0.2) is 66.9 Å². The van der Waals surface area contributed by atoms with Gasteiger partial charge in [-0.3, -0.25) is 19.7 Å². The number of aromatic amines is 1. The molecule has 0 bridgehead atoms. The van der Waals surface area contributed by atoms with Crippen molar-refractivity contribution in [2.24, 2.45) is 11.8 Å². The summed E-state index contributed by atoms with van der Waals surface area (Å²) in [7, 11) is 0. The van der Waals surface area contributed by atoms with Gasteiger partial charge in [0.25, 0.3) is 0 Å². The second kappa shape index (κ2) is 7.96. The number of rotatable bonds is 3. The van der Waals surface area contributed by atoms with Crippen molar-refractivity contribution >= 4 is 51.6 Å². The van der Waals surface area contributed by atoms with Crippen LogP contribution in [0.5, 0.6) is 0 Å². The van der Waals surface area contributed by atoms with Gasteiger partial charge in [0.1, 0.15) is 17.2 Å². The third kappa shape index (κ3) is 3.00. The number of carbonyl (C=O) groups is 3. The van der Waals surface area contributed by atoms with Crippen LogP contribution in [0.2, 0.25) is 5.02 Å². The van der Waals surface area contributed by atoms with Gasteiger partial charge < -0.3 is 10.3 Å². The summed E-state index contributed by atoms with van der Waals surface area (Å²) in [5.74, 6) is -5.06. The predicted molar refractivity (Wildman–Crippen MR) is 137 cm³/mol. The number of aromatic nitrogens is 1. The minimum absolute atomic E-state index is 0.111. The molecule has 7 nitrogen and oxygen atoms in total. The molecule has 3 N–H and O–H groups in total. The maximum absolute atomic E-state index is 14.5. The topological polar surface area (TPSA) is 94.3 Å². The number of nitrogens with zero attached hydrogens (tertiary/aromatic N) is 1. The summed E-state index contributed by atoms with van der Waals surface area (Å²) < 4.78 is 28.3. The molecule has 2 saturated heterocycles. The van der Waals surface area contributed by atoms with E-state index in [1.54, 1.807) is 0 Å². The molecule has 10 heteroatoms. The second-order valence-corrected chi connectivity index (χ2v) is 10.3. The van der Waals surface area contributed by atoms with Crippen molar-refractivity contribution in [2.75, 3.05) is 10.2 Å². The molecule has 4 heterocycles. The summed E-state index contributed by atoms with van der Waals surface area (Å²) in [6, 6.07) is 14.5. The molecule has 2 fully saturated rings. The van der Waals surface area contributed by atoms with Gasteiger partial charge in [0.15, 0.2) is 0 Å². The number of benzene rings is 3. The van der Waals surface area contributed by atoms with Crippen molar-refractivity contribution < 1.29 is 23.2 Å². The van der Waals surface area contributed by atoms with Crippen molar-refractivity contribution in [3.8, 4) is 0 Å². The summed E-state index contributed by atoms with van der Waals surface area (Å²) in [6.07, 6.45) is 2.16. The Morgan fingerprint density at radius 1 is 0.974 bits per heavy atom. The van der Waals surface area contributed by atoms with E-state index in [9.17, 15) is 23.2 Å². The number of amides is 3. The first-order valence-electron chi connectivity index (χ1n) is 12.1. The Labute approximate surface area is 219 Å². The fourth-order valence-electron chi connectivity index (χ4n) is 6.36. The standard InChI is InChI=1S/C28H19ClF2N4O3/c29-18-11-15(6-7-19(18)31)35-25(36)23-22(9-13-12-32-20-4-2-1-3-16(13)20)34-28(24(23)26(35)37)17-10-14(30)5-8-21(17)33-27(28)38/h1-8,10-12,22-24,32,34H,9H2,(H,33,38)/t22?,23-,24+,28?/m1/s1. The third-order valence-electron chi connectivity index (χ3n) is 7.95. The Morgan fingerprint density at radius 2 is 1.79 bits per heavy atom. The van der Waals surface area contributed by atoms with Gasteiger partial charge in [-0.15, -0.1) is 0 Å². The molecule has 3 aliphatic rings.